The van der Waals surface area contributed by atoms with Crippen molar-refractivity contribution in [3.05, 3.63) is 40.3 Å². The minimum absolute atomic E-state index is 0.139. The lowest BCUT2D eigenvalue weighted by atomic mass is 10.4. The number of nitrogens with one attached hydrogen (secondary N) is 2. The molecule has 0 fully saturated rings. The highest BCUT2D eigenvalue weighted by Crippen LogP contribution is 2.08. The molecule has 4 nitrogen and oxygen atoms in total. The van der Waals surface area contributed by atoms with Crippen molar-refractivity contribution in [2.75, 3.05) is 5.73 Å². The fourth-order valence-corrected chi connectivity index (χ4v) is 1.86. The van der Waals surface area contributed by atoms with E-state index >= 15 is 0 Å². The normalized spacial score (nSPS) is 10.1. The van der Waals surface area contributed by atoms with E-state index in [0.717, 1.165) is 4.88 Å². The molecule has 2 aromatic rings. The van der Waals surface area contributed by atoms with Gasteiger partial charge in [-0.25, -0.2) is 0 Å². The van der Waals surface area contributed by atoms with Crippen LogP contribution in [-0.2, 0) is 6.54 Å². The molecule has 0 spiro atoms. The Hall–Kier alpha value is -1.75. The average molecular weight is 221 g/mol. The van der Waals surface area contributed by atoms with Crippen molar-refractivity contribution in [3.63, 3.8) is 0 Å². The lowest BCUT2D eigenvalue weighted by molar-refractivity contribution is 0.0947. The number of aromatic nitrogens is 1. The smallest absolute Gasteiger partial charge is 0.268 e. The molecule has 0 aromatic carbocycles. The summed E-state index contributed by atoms with van der Waals surface area (Å²) >= 11 is 1.62. The van der Waals surface area contributed by atoms with E-state index in [1.165, 1.54) is 0 Å². The van der Waals surface area contributed by atoms with Crippen LogP contribution in [0.3, 0.4) is 0 Å². The summed E-state index contributed by atoms with van der Waals surface area (Å²) < 4.78 is 0. The van der Waals surface area contributed by atoms with E-state index < -0.39 is 0 Å². The number of aromatic amines is 1. The first-order chi connectivity index (χ1) is 7.25. The molecule has 0 unspecified atom stereocenters. The van der Waals surface area contributed by atoms with Crippen LogP contribution >= 0.6 is 11.3 Å². The molecule has 2 rings (SSSR count). The van der Waals surface area contributed by atoms with Crippen LogP contribution in [0.1, 0.15) is 15.4 Å². The summed E-state index contributed by atoms with van der Waals surface area (Å²) in [6.07, 6.45) is 1.60. The molecule has 0 atom stereocenters. The van der Waals surface area contributed by atoms with E-state index in [4.69, 9.17) is 5.73 Å². The average Bonchev–Trinajstić information content (AvgIpc) is 2.84. The van der Waals surface area contributed by atoms with E-state index in [1.54, 1.807) is 23.6 Å². The van der Waals surface area contributed by atoms with Crippen LogP contribution in [0.2, 0.25) is 0 Å². The van der Waals surface area contributed by atoms with Crippen LogP contribution in [0.25, 0.3) is 0 Å². The molecule has 0 bridgehead atoms. The Bertz CT molecular complexity index is 447. The SMILES string of the molecule is Nc1c[nH]c(C(=O)NCc2cccs2)c1. The molecule has 0 aliphatic heterocycles. The third kappa shape index (κ3) is 2.38. The van der Waals surface area contributed by atoms with Gasteiger partial charge in [0.1, 0.15) is 5.69 Å². The summed E-state index contributed by atoms with van der Waals surface area (Å²) in [7, 11) is 0. The van der Waals surface area contributed by atoms with Gasteiger partial charge in [-0.05, 0) is 17.5 Å². The zero-order chi connectivity index (χ0) is 10.7. The largest absolute Gasteiger partial charge is 0.397 e. The summed E-state index contributed by atoms with van der Waals surface area (Å²) in [5.74, 6) is -0.139. The number of hydrogen-bond donors (Lipinski definition) is 3. The van der Waals surface area contributed by atoms with Gasteiger partial charge in [-0.3, -0.25) is 4.79 Å². The predicted octanol–water partition coefficient (Wildman–Crippen LogP) is 1.59. The number of hydrogen-bond acceptors (Lipinski definition) is 3. The Morgan fingerprint density at radius 1 is 1.60 bits per heavy atom. The fourth-order valence-electron chi connectivity index (χ4n) is 1.22. The highest BCUT2D eigenvalue weighted by molar-refractivity contribution is 7.09. The maximum absolute atomic E-state index is 11.6. The first kappa shape index (κ1) is 9.79. The van der Waals surface area contributed by atoms with Gasteiger partial charge in [-0.15, -0.1) is 11.3 Å². The topological polar surface area (TPSA) is 70.9 Å². The first-order valence-corrected chi connectivity index (χ1v) is 5.38. The van der Waals surface area contributed by atoms with Crippen molar-refractivity contribution < 1.29 is 4.79 Å². The van der Waals surface area contributed by atoms with Crippen molar-refractivity contribution in [3.8, 4) is 0 Å². The van der Waals surface area contributed by atoms with Crippen LogP contribution in [0.4, 0.5) is 5.69 Å². The minimum Gasteiger partial charge on any atom is -0.397 e. The van der Waals surface area contributed by atoms with Crippen LogP contribution in [0, 0.1) is 0 Å². The van der Waals surface area contributed by atoms with Crippen molar-refractivity contribution in [1.82, 2.24) is 10.3 Å². The standard InChI is InChI=1S/C10H11N3OS/c11-7-4-9(12-5-7)10(14)13-6-8-2-1-3-15-8/h1-5,12H,6,11H2,(H,13,14). The Morgan fingerprint density at radius 3 is 3.07 bits per heavy atom. The van der Waals surface area contributed by atoms with Crippen LogP contribution in [-0.4, -0.2) is 10.9 Å². The second-order valence-electron chi connectivity index (χ2n) is 3.11. The second-order valence-corrected chi connectivity index (χ2v) is 4.14. The first-order valence-electron chi connectivity index (χ1n) is 4.50. The van der Waals surface area contributed by atoms with Gasteiger partial charge in [-0.2, -0.15) is 0 Å². The third-order valence-electron chi connectivity index (χ3n) is 1.95. The van der Waals surface area contributed by atoms with E-state index in [9.17, 15) is 4.79 Å². The molecule has 0 aliphatic rings. The van der Waals surface area contributed by atoms with Gasteiger partial charge in [0.15, 0.2) is 0 Å². The van der Waals surface area contributed by atoms with E-state index in [-0.39, 0.29) is 5.91 Å². The van der Waals surface area contributed by atoms with Crippen LogP contribution in [0.5, 0.6) is 0 Å². The maximum Gasteiger partial charge on any atom is 0.268 e. The van der Waals surface area contributed by atoms with Gasteiger partial charge in [0.25, 0.3) is 5.91 Å². The highest BCUT2D eigenvalue weighted by atomic mass is 32.1. The number of amides is 1. The molecule has 4 N–H and O–H groups in total. The van der Waals surface area contributed by atoms with Gasteiger partial charge >= 0.3 is 0 Å². The number of nitrogens with two attached hydrogens (primary N) is 1. The number of nitrogen functional groups attached to an aromatic ring is 1. The lowest BCUT2D eigenvalue weighted by Gasteiger charge is -2.00. The van der Waals surface area contributed by atoms with Gasteiger partial charge < -0.3 is 16.0 Å². The molecule has 0 saturated carbocycles. The molecule has 2 heterocycles. The molecular formula is C10H11N3OS. The molecule has 0 saturated heterocycles. The van der Waals surface area contributed by atoms with E-state index in [0.29, 0.717) is 17.9 Å². The Kier molecular flexibility index (Phi) is 2.73. The minimum atomic E-state index is -0.139. The monoisotopic (exact) mass is 221 g/mol. The molecule has 0 aliphatic carbocycles. The van der Waals surface area contributed by atoms with Gasteiger partial charge in [0, 0.05) is 16.8 Å². The molecule has 5 heteroatoms. The zero-order valence-corrected chi connectivity index (χ0v) is 8.80. The van der Waals surface area contributed by atoms with Crippen molar-refractivity contribution >= 4 is 22.9 Å². The molecular weight excluding hydrogens is 210 g/mol. The van der Waals surface area contributed by atoms with Crippen molar-refractivity contribution in [2.24, 2.45) is 0 Å². The van der Waals surface area contributed by atoms with Gasteiger partial charge in [0.05, 0.1) is 6.54 Å². The predicted molar refractivity (Wildman–Crippen MR) is 60.7 cm³/mol. The summed E-state index contributed by atoms with van der Waals surface area (Å²) in [4.78, 5) is 15.5. The Labute approximate surface area is 91.1 Å². The van der Waals surface area contributed by atoms with Crippen LogP contribution < -0.4 is 11.1 Å². The number of anilines is 1. The number of rotatable bonds is 3. The van der Waals surface area contributed by atoms with Crippen molar-refractivity contribution in [1.29, 1.82) is 0 Å². The molecule has 78 valence electrons. The summed E-state index contributed by atoms with van der Waals surface area (Å²) in [6, 6.07) is 5.55. The number of carbonyl (C=O) groups is 1. The van der Waals surface area contributed by atoms with E-state index in [1.807, 2.05) is 17.5 Å². The van der Waals surface area contributed by atoms with Gasteiger partial charge in [-0.1, -0.05) is 6.07 Å². The number of H-pyrrole nitrogens is 1. The summed E-state index contributed by atoms with van der Waals surface area (Å²) in [5, 5.41) is 4.78. The fraction of sp³-hybridized carbons (Fsp3) is 0.100. The zero-order valence-electron chi connectivity index (χ0n) is 7.99. The van der Waals surface area contributed by atoms with Gasteiger partial charge in [0.2, 0.25) is 0 Å². The summed E-state index contributed by atoms with van der Waals surface area (Å²) in [6.45, 7) is 0.551. The Balaban J connectivity index is 1.93. The lowest BCUT2D eigenvalue weighted by Crippen LogP contribution is -2.22. The highest BCUT2D eigenvalue weighted by Gasteiger charge is 2.06. The summed E-state index contributed by atoms with van der Waals surface area (Å²) in [5.41, 5.74) is 6.55. The van der Waals surface area contributed by atoms with Crippen LogP contribution in [0.15, 0.2) is 29.8 Å². The van der Waals surface area contributed by atoms with Crippen molar-refractivity contribution in [2.45, 2.75) is 6.54 Å². The molecule has 1 amide bonds. The molecule has 2 aromatic heterocycles. The maximum atomic E-state index is 11.6. The molecule has 0 radical (unpaired) electrons. The number of carbonyl (C=O) groups excluding carboxylic acids is 1. The third-order valence-corrected chi connectivity index (χ3v) is 2.83. The molecule has 15 heavy (non-hydrogen) atoms. The Morgan fingerprint density at radius 2 is 2.47 bits per heavy atom. The second kappa shape index (κ2) is 4.18. The number of thiophene rings is 1. The van der Waals surface area contributed by atoms with E-state index in [2.05, 4.69) is 10.3 Å². The quantitative estimate of drug-likeness (QED) is 0.736.